The normalized spacial score (nSPS) is 9.53. The average Bonchev–Trinajstić information content (AvgIpc) is 2.26. The van der Waals surface area contributed by atoms with E-state index in [-0.39, 0.29) is 19.1 Å². The molecule has 0 aliphatic heterocycles. The van der Waals surface area contributed by atoms with Gasteiger partial charge in [0.15, 0.2) is 0 Å². The van der Waals surface area contributed by atoms with Gasteiger partial charge in [-0.05, 0) is 18.2 Å². The minimum absolute atomic E-state index is 0.112. The molecule has 0 saturated carbocycles. The Kier molecular flexibility index (Phi) is 4.96. The Morgan fingerprint density at radius 2 is 1.88 bits per heavy atom. The van der Waals surface area contributed by atoms with Crippen molar-refractivity contribution in [1.29, 1.82) is 0 Å². The molecule has 0 bridgehead atoms. The van der Waals surface area contributed by atoms with Gasteiger partial charge in [0.25, 0.3) is 0 Å². The molecule has 1 rings (SSSR count). The second-order valence-electron chi connectivity index (χ2n) is 3.37. The molecule has 6 heteroatoms. The van der Waals surface area contributed by atoms with Crippen molar-refractivity contribution in [1.82, 2.24) is 5.32 Å². The minimum Gasteiger partial charge on any atom is -0.395 e. The average molecular weight is 237 g/mol. The van der Waals surface area contributed by atoms with Gasteiger partial charge in [-0.25, -0.2) is 4.79 Å². The molecule has 0 spiro atoms. The lowest BCUT2D eigenvalue weighted by Gasteiger charge is -2.08. The molecule has 0 atom stereocenters. The van der Waals surface area contributed by atoms with Crippen LogP contribution in [0.3, 0.4) is 0 Å². The first-order chi connectivity index (χ1) is 8.11. The summed E-state index contributed by atoms with van der Waals surface area (Å²) in [6, 6.07) is 6.37. The zero-order valence-corrected chi connectivity index (χ0v) is 9.49. The molecule has 4 N–H and O–H groups in total. The molecule has 1 aromatic carbocycles. The Labute approximate surface area is 99.0 Å². The van der Waals surface area contributed by atoms with Crippen molar-refractivity contribution in [2.24, 2.45) is 0 Å². The maximum atomic E-state index is 11.3. The standard InChI is InChI=1S/C11H15N3O3/c1-8(16)13-9-3-2-4-10(7-9)14-11(17)12-5-6-15/h2-4,7,15H,5-6H2,1H3,(H,13,16)(H2,12,14,17). The Hall–Kier alpha value is -2.08. The molecule has 0 unspecified atom stereocenters. The van der Waals surface area contributed by atoms with Gasteiger partial charge in [-0.1, -0.05) is 6.07 Å². The number of carbonyl (C=O) groups is 2. The van der Waals surface area contributed by atoms with Gasteiger partial charge in [-0.3, -0.25) is 4.79 Å². The maximum absolute atomic E-state index is 11.3. The van der Waals surface area contributed by atoms with E-state index in [0.29, 0.717) is 11.4 Å². The highest BCUT2D eigenvalue weighted by Crippen LogP contribution is 2.14. The van der Waals surface area contributed by atoms with Gasteiger partial charge in [0, 0.05) is 24.8 Å². The molecule has 0 aliphatic rings. The third-order valence-electron chi connectivity index (χ3n) is 1.84. The van der Waals surface area contributed by atoms with Crippen molar-refractivity contribution in [3.05, 3.63) is 24.3 Å². The summed E-state index contributed by atoms with van der Waals surface area (Å²) in [5.41, 5.74) is 1.17. The number of hydrogen-bond acceptors (Lipinski definition) is 3. The highest BCUT2D eigenvalue weighted by molar-refractivity contribution is 5.92. The van der Waals surface area contributed by atoms with E-state index >= 15 is 0 Å². The number of urea groups is 1. The van der Waals surface area contributed by atoms with Crippen LogP contribution >= 0.6 is 0 Å². The second-order valence-corrected chi connectivity index (χ2v) is 3.37. The molecule has 3 amide bonds. The predicted octanol–water partition coefficient (Wildman–Crippen LogP) is 0.759. The number of anilines is 2. The predicted molar refractivity (Wildman–Crippen MR) is 64.9 cm³/mol. The van der Waals surface area contributed by atoms with Gasteiger partial charge in [0.1, 0.15) is 0 Å². The summed E-state index contributed by atoms with van der Waals surface area (Å²) in [4.78, 5) is 22.1. The summed E-state index contributed by atoms with van der Waals surface area (Å²) in [5.74, 6) is -0.174. The lowest BCUT2D eigenvalue weighted by molar-refractivity contribution is -0.114. The van der Waals surface area contributed by atoms with E-state index < -0.39 is 6.03 Å². The van der Waals surface area contributed by atoms with Gasteiger partial charge in [-0.2, -0.15) is 0 Å². The van der Waals surface area contributed by atoms with E-state index in [1.165, 1.54) is 6.92 Å². The van der Waals surface area contributed by atoms with Gasteiger partial charge >= 0.3 is 6.03 Å². The van der Waals surface area contributed by atoms with Gasteiger partial charge in [0.2, 0.25) is 5.91 Å². The molecule has 17 heavy (non-hydrogen) atoms. The molecule has 0 heterocycles. The highest BCUT2D eigenvalue weighted by atomic mass is 16.3. The molecule has 1 aromatic rings. The third-order valence-corrected chi connectivity index (χ3v) is 1.84. The van der Waals surface area contributed by atoms with Crippen LogP contribution in [0.4, 0.5) is 16.2 Å². The minimum atomic E-state index is -0.404. The molecule has 0 aromatic heterocycles. The fraction of sp³-hybridized carbons (Fsp3) is 0.273. The monoisotopic (exact) mass is 237 g/mol. The Morgan fingerprint density at radius 3 is 2.47 bits per heavy atom. The molecule has 0 aliphatic carbocycles. The van der Waals surface area contributed by atoms with E-state index in [1.54, 1.807) is 24.3 Å². The number of aliphatic hydroxyl groups is 1. The lowest BCUT2D eigenvalue weighted by atomic mass is 10.3. The summed E-state index contributed by atoms with van der Waals surface area (Å²) in [6.45, 7) is 1.49. The molecule has 0 saturated heterocycles. The van der Waals surface area contributed by atoms with Crippen molar-refractivity contribution in [3.8, 4) is 0 Å². The molecular weight excluding hydrogens is 222 g/mol. The smallest absolute Gasteiger partial charge is 0.319 e. The topological polar surface area (TPSA) is 90.5 Å². The van der Waals surface area contributed by atoms with Gasteiger partial charge in [-0.15, -0.1) is 0 Å². The Morgan fingerprint density at radius 1 is 1.24 bits per heavy atom. The lowest BCUT2D eigenvalue weighted by Crippen LogP contribution is -2.30. The van der Waals surface area contributed by atoms with Crippen LogP contribution in [0.1, 0.15) is 6.92 Å². The molecular formula is C11H15N3O3. The summed E-state index contributed by atoms with van der Waals surface area (Å²) >= 11 is 0. The highest BCUT2D eigenvalue weighted by Gasteiger charge is 2.02. The quantitative estimate of drug-likeness (QED) is 0.623. The Bertz CT molecular complexity index is 407. The van der Waals surface area contributed by atoms with Crippen LogP contribution < -0.4 is 16.0 Å². The van der Waals surface area contributed by atoms with E-state index in [2.05, 4.69) is 16.0 Å². The number of rotatable bonds is 4. The molecule has 92 valence electrons. The number of benzene rings is 1. The first kappa shape index (κ1) is 13.0. The summed E-state index contributed by atoms with van der Waals surface area (Å²) < 4.78 is 0. The third kappa shape index (κ3) is 4.98. The Balaban J connectivity index is 2.59. The van der Waals surface area contributed by atoms with Crippen molar-refractivity contribution in [3.63, 3.8) is 0 Å². The van der Waals surface area contributed by atoms with Crippen molar-refractivity contribution >= 4 is 23.3 Å². The van der Waals surface area contributed by atoms with E-state index in [1.807, 2.05) is 0 Å². The SMILES string of the molecule is CC(=O)Nc1cccc(NC(=O)NCCO)c1. The zero-order chi connectivity index (χ0) is 12.7. The second kappa shape index (κ2) is 6.49. The summed E-state index contributed by atoms with van der Waals surface area (Å²) in [7, 11) is 0. The number of carbonyl (C=O) groups excluding carboxylic acids is 2. The number of aliphatic hydroxyl groups excluding tert-OH is 1. The van der Waals surface area contributed by atoms with Crippen LogP contribution in [0, 0.1) is 0 Å². The number of nitrogens with one attached hydrogen (secondary N) is 3. The first-order valence-corrected chi connectivity index (χ1v) is 5.15. The number of amides is 3. The van der Waals surface area contributed by atoms with Crippen molar-refractivity contribution < 1.29 is 14.7 Å². The fourth-order valence-electron chi connectivity index (χ4n) is 1.22. The van der Waals surface area contributed by atoms with E-state index in [0.717, 1.165) is 0 Å². The van der Waals surface area contributed by atoms with Crippen molar-refractivity contribution in [2.75, 3.05) is 23.8 Å². The van der Waals surface area contributed by atoms with Crippen LogP contribution in [0.5, 0.6) is 0 Å². The van der Waals surface area contributed by atoms with Crippen LogP contribution in [-0.4, -0.2) is 30.2 Å². The fourth-order valence-corrected chi connectivity index (χ4v) is 1.22. The summed E-state index contributed by atoms with van der Waals surface area (Å²) in [6.07, 6.45) is 0. The maximum Gasteiger partial charge on any atom is 0.319 e. The van der Waals surface area contributed by atoms with Gasteiger partial charge < -0.3 is 21.1 Å². The van der Waals surface area contributed by atoms with E-state index in [9.17, 15) is 9.59 Å². The zero-order valence-electron chi connectivity index (χ0n) is 9.49. The number of hydrogen-bond donors (Lipinski definition) is 4. The largest absolute Gasteiger partial charge is 0.395 e. The van der Waals surface area contributed by atoms with Crippen molar-refractivity contribution in [2.45, 2.75) is 6.92 Å². The molecule has 0 radical (unpaired) electrons. The van der Waals surface area contributed by atoms with Crippen LogP contribution in [0.25, 0.3) is 0 Å². The molecule has 6 nitrogen and oxygen atoms in total. The molecule has 0 fully saturated rings. The first-order valence-electron chi connectivity index (χ1n) is 5.15. The van der Waals surface area contributed by atoms with Crippen LogP contribution in [0.2, 0.25) is 0 Å². The van der Waals surface area contributed by atoms with Crippen LogP contribution in [0.15, 0.2) is 24.3 Å². The van der Waals surface area contributed by atoms with Crippen LogP contribution in [-0.2, 0) is 4.79 Å². The van der Waals surface area contributed by atoms with Gasteiger partial charge in [0.05, 0.1) is 6.61 Å². The summed E-state index contributed by atoms with van der Waals surface area (Å²) in [5, 5.41) is 16.2. The van der Waals surface area contributed by atoms with E-state index in [4.69, 9.17) is 5.11 Å².